The minimum Gasteiger partial charge on any atom is -0.316 e. The van der Waals surface area contributed by atoms with Crippen molar-refractivity contribution in [2.75, 3.05) is 11.1 Å². The summed E-state index contributed by atoms with van der Waals surface area (Å²) in [4.78, 5) is 14.6. The number of thiophene rings is 1. The average molecular weight is 342 g/mol. The first kappa shape index (κ1) is 16.1. The zero-order valence-electron chi connectivity index (χ0n) is 13.0. The molecule has 23 heavy (non-hydrogen) atoms. The van der Waals surface area contributed by atoms with Crippen LogP contribution in [0.4, 0.5) is 5.00 Å². The number of rotatable bonds is 4. The van der Waals surface area contributed by atoms with Gasteiger partial charge in [-0.15, -0.1) is 23.1 Å². The molecule has 0 spiro atoms. The van der Waals surface area contributed by atoms with Gasteiger partial charge in [0.15, 0.2) is 0 Å². The van der Waals surface area contributed by atoms with Gasteiger partial charge in [-0.25, -0.2) is 0 Å². The van der Waals surface area contributed by atoms with Crippen molar-refractivity contribution in [3.05, 3.63) is 45.8 Å². The molecule has 0 atom stereocenters. The molecule has 0 saturated heterocycles. The van der Waals surface area contributed by atoms with Crippen LogP contribution in [0, 0.1) is 18.3 Å². The maximum absolute atomic E-state index is 12.2. The second-order valence-electron chi connectivity index (χ2n) is 5.63. The monoisotopic (exact) mass is 342 g/mol. The average Bonchev–Trinajstić information content (AvgIpc) is 2.91. The molecule has 118 valence electrons. The van der Waals surface area contributed by atoms with Crippen molar-refractivity contribution < 1.29 is 4.79 Å². The van der Waals surface area contributed by atoms with Gasteiger partial charge in [0.1, 0.15) is 11.1 Å². The normalized spacial score (nSPS) is 13.2. The lowest BCUT2D eigenvalue weighted by Crippen LogP contribution is -2.14. The summed E-state index contributed by atoms with van der Waals surface area (Å²) in [5.74, 6) is 0.312. The van der Waals surface area contributed by atoms with Crippen LogP contribution in [0.5, 0.6) is 0 Å². The van der Waals surface area contributed by atoms with Crippen molar-refractivity contribution in [3.8, 4) is 6.07 Å². The van der Waals surface area contributed by atoms with Crippen LogP contribution in [0.2, 0.25) is 0 Å². The summed E-state index contributed by atoms with van der Waals surface area (Å²) in [5.41, 5.74) is 3.01. The molecule has 5 heteroatoms. The number of amides is 1. The molecule has 0 aliphatic heterocycles. The third-order valence-electron chi connectivity index (χ3n) is 3.99. The molecule has 1 aliphatic rings. The fourth-order valence-electron chi connectivity index (χ4n) is 2.80. The van der Waals surface area contributed by atoms with Crippen molar-refractivity contribution >= 4 is 34.0 Å². The lowest BCUT2D eigenvalue weighted by atomic mass is 9.96. The Balaban J connectivity index is 1.68. The van der Waals surface area contributed by atoms with Crippen LogP contribution in [0.3, 0.4) is 0 Å². The Morgan fingerprint density at radius 1 is 1.35 bits per heavy atom. The number of nitrogens with one attached hydrogen (secondary N) is 1. The first-order valence-electron chi connectivity index (χ1n) is 7.72. The van der Waals surface area contributed by atoms with Gasteiger partial charge >= 0.3 is 0 Å². The molecule has 1 aromatic carbocycles. The molecule has 0 radical (unpaired) electrons. The number of anilines is 1. The highest BCUT2D eigenvalue weighted by Gasteiger charge is 2.21. The molecular formula is C18H18N2OS2. The Morgan fingerprint density at radius 2 is 2.13 bits per heavy atom. The summed E-state index contributed by atoms with van der Waals surface area (Å²) in [6.07, 6.45) is 4.30. The summed E-state index contributed by atoms with van der Waals surface area (Å²) in [5, 5.41) is 13.1. The second kappa shape index (κ2) is 7.20. The molecule has 1 aliphatic carbocycles. The van der Waals surface area contributed by atoms with E-state index in [1.165, 1.54) is 28.6 Å². The number of benzene rings is 1. The maximum Gasteiger partial charge on any atom is 0.235 e. The topological polar surface area (TPSA) is 52.9 Å². The second-order valence-corrected chi connectivity index (χ2v) is 7.75. The molecule has 1 amide bonds. The number of nitrogens with zero attached hydrogens (tertiary/aromatic N) is 1. The Labute approximate surface area is 144 Å². The van der Waals surface area contributed by atoms with Crippen molar-refractivity contribution in [1.82, 2.24) is 0 Å². The van der Waals surface area contributed by atoms with Gasteiger partial charge in [0.05, 0.1) is 11.3 Å². The number of fused-ring (bicyclic) bond motifs is 1. The Hall–Kier alpha value is -1.77. The van der Waals surface area contributed by atoms with Crippen molar-refractivity contribution in [2.24, 2.45) is 0 Å². The van der Waals surface area contributed by atoms with E-state index in [-0.39, 0.29) is 5.91 Å². The maximum atomic E-state index is 12.2. The van der Waals surface area contributed by atoms with E-state index >= 15 is 0 Å². The molecule has 2 aromatic rings. The highest BCUT2D eigenvalue weighted by atomic mass is 32.2. The molecule has 1 heterocycles. The van der Waals surface area contributed by atoms with Crippen LogP contribution in [-0.4, -0.2) is 11.7 Å². The van der Waals surface area contributed by atoms with E-state index in [0.717, 1.165) is 34.7 Å². The van der Waals surface area contributed by atoms with E-state index in [2.05, 4.69) is 11.4 Å². The standard InChI is InChI=1S/C18H18N2OS2/c1-12-6-2-4-8-15(12)22-11-17(21)20-18-14(10-19)13-7-3-5-9-16(13)23-18/h2,4,6,8H,3,5,7,9,11H2,1H3,(H,20,21). The quantitative estimate of drug-likeness (QED) is 0.830. The predicted molar refractivity (Wildman–Crippen MR) is 96.2 cm³/mol. The largest absolute Gasteiger partial charge is 0.316 e. The van der Waals surface area contributed by atoms with E-state index in [0.29, 0.717) is 11.3 Å². The van der Waals surface area contributed by atoms with Crippen LogP contribution in [0.15, 0.2) is 29.2 Å². The number of thioether (sulfide) groups is 1. The van der Waals surface area contributed by atoms with Gasteiger partial charge in [-0.3, -0.25) is 4.79 Å². The smallest absolute Gasteiger partial charge is 0.235 e. The van der Waals surface area contributed by atoms with Gasteiger partial charge < -0.3 is 5.32 Å². The molecule has 3 rings (SSSR count). The Bertz CT molecular complexity index is 774. The number of carbonyl (C=O) groups is 1. The lowest BCUT2D eigenvalue weighted by Gasteiger charge is -2.09. The SMILES string of the molecule is Cc1ccccc1SCC(=O)Nc1sc2c(c1C#N)CCCC2. The van der Waals surface area contributed by atoms with E-state index in [4.69, 9.17) is 0 Å². The van der Waals surface area contributed by atoms with E-state index in [1.54, 1.807) is 11.3 Å². The van der Waals surface area contributed by atoms with E-state index < -0.39 is 0 Å². The van der Waals surface area contributed by atoms with E-state index in [9.17, 15) is 10.1 Å². The predicted octanol–water partition coefficient (Wildman–Crippen LogP) is 4.54. The lowest BCUT2D eigenvalue weighted by molar-refractivity contribution is -0.113. The fraction of sp³-hybridized carbons (Fsp3) is 0.333. The zero-order chi connectivity index (χ0) is 16.2. The number of hydrogen-bond acceptors (Lipinski definition) is 4. The van der Waals surface area contributed by atoms with Crippen LogP contribution < -0.4 is 5.32 Å². The van der Waals surface area contributed by atoms with Crippen molar-refractivity contribution in [2.45, 2.75) is 37.5 Å². The van der Waals surface area contributed by atoms with Gasteiger partial charge in [0.2, 0.25) is 5.91 Å². The summed E-state index contributed by atoms with van der Waals surface area (Å²) < 4.78 is 0. The molecule has 1 N–H and O–H groups in total. The number of carbonyl (C=O) groups excluding carboxylic acids is 1. The fourth-order valence-corrected chi connectivity index (χ4v) is 4.88. The molecule has 1 aromatic heterocycles. The third-order valence-corrected chi connectivity index (χ3v) is 6.37. The third kappa shape index (κ3) is 3.60. The first-order chi connectivity index (χ1) is 11.2. The minimum absolute atomic E-state index is 0.0478. The van der Waals surface area contributed by atoms with Crippen molar-refractivity contribution in [1.29, 1.82) is 5.26 Å². The van der Waals surface area contributed by atoms with E-state index in [1.807, 2.05) is 31.2 Å². The molecular weight excluding hydrogens is 324 g/mol. The number of aryl methyl sites for hydroxylation is 2. The van der Waals surface area contributed by atoms with Crippen LogP contribution in [0.25, 0.3) is 0 Å². The van der Waals surface area contributed by atoms with Crippen LogP contribution in [-0.2, 0) is 17.6 Å². The van der Waals surface area contributed by atoms with Crippen molar-refractivity contribution in [3.63, 3.8) is 0 Å². The van der Waals surface area contributed by atoms with Crippen LogP contribution in [0.1, 0.15) is 34.4 Å². The number of hydrogen-bond donors (Lipinski definition) is 1. The Morgan fingerprint density at radius 3 is 2.91 bits per heavy atom. The molecule has 0 fully saturated rings. The molecule has 3 nitrogen and oxygen atoms in total. The summed E-state index contributed by atoms with van der Waals surface area (Å²) in [6.45, 7) is 2.04. The van der Waals surface area contributed by atoms with Crippen LogP contribution >= 0.6 is 23.1 Å². The summed E-state index contributed by atoms with van der Waals surface area (Å²) in [6, 6.07) is 10.3. The highest BCUT2D eigenvalue weighted by molar-refractivity contribution is 8.00. The van der Waals surface area contributed by atoms with Gasteiger partial charge in [-0.05, 0) is 49.8 Å². The molecule has 0 saturated carbocycles. The zero-order valence-corrected chi connectivity index (χ0v) is 14.6. The summed E-state index contributed by atoms with van der Waals surface area (Å²) >= 11 is 3.11. The first-order valence-corrected chi connectivity index (χ1v) is 9.52. The summed E-state index contributed by atoms with van der Waals surface area (Å²) in [7, 11) is 0. The minimum atomic E-state index is -0.0478. The molecule has 0 unspecified atom stereocenters. The van der Waals surface area contributed by atoms with Gasteiger partial charge in [-0.2, -0.15) is 5.26 Å². The van der Waals surface area contributed by atoms with Gasteiger partial charge in [-0.1, -0.05) is 18.2 Å². The highest BCUT2D eigenvalue weighted by Crippen LogP contribution is 2.37. The van der Waals surface area contributed by atoms with Gasteiger partial charge in [0, 0.05) is 9.77 Å². The number of nitriles is 1. The Kier molecular flexibility index (Phi) is 5.04. The van der Waals surface area contributed by atoms with Gasteiger partial charge in [0.25, 0.3) is 0 Å². The molecule has 0 bridgehead atoms.